The number of unbranched alkanes of at least 4 members (excludes halogenated alkanes) is 1. The number of aromatic amines is 2. The molecule has 1 amide bonds. The number of fused-ring (bicyclic) bond motifs is 1. The van der Waals surface area contributed by atoms with E-state index >= 15 is 0 Å². The molecule has 0 bridgehead atoms. The van der Waals surface area contributed by atoms with Gasteiger partial charge in [-0.1, -0.05) is 38.0 Å². The first-order valence-electron chi connectivity index (χ1n) is 10.9. The smallest absolute Gasteiger partial charge is 0.289 e. The number of nitrogens with one attached hydrogen (secondary N) is 3. The number of nitrogens with zero attached hydrogens (tertiary/aromatic N) is 4. The molecule has 1 atom stereocenters. The Labute approximate surface area is 177 Å². The van der Waals surface area contributed by atoms with Gasteiger partial charge in [-0.15, -0.1) is 10.2 Å². The van der Waals surface area contributed by atoms with Crippen molar-refractivity contribution >= 4 is 22.8 Å². The Morgan fingerprint density at radius 2 is 2.00 bits per heavy atom. The van der Waals surface area contributed by atoms with Crippen molar-refractivity contribution in [1.29, 1.82) is 0 Å². The molecule has 4 rings (SSSR count). The zero-order valence-electron chi connectivity index (χ0n) is 17.8. The molecule has 3 heterocycles. The van der Waals surface area contributed by atoms with Crippen LogP contribution in [0.3, 0.4) is 0 Å². The van der Waals surface area contributed by atoms with Crippen LogP contribution < -0.4 is 10.2 Å². The van der Waals surface area contributed by atoms with Crippen molar-refractivity contribution in [2.24, 2.45) is 0 Å². The van der Waals surface area contributed by atoms with E-state index in [0.717, 1.165) is 57.4 Å². The number of piperazine rings is 1. The molecule has 8 nitrogen and oxygen atoms in total. The number of carbonyl (C=O) groups is 1. The number of anilines is 1. The quantitative estimate of drug-likeness (QED) is 0.532. The summed E-state index contributed by atoms with van der Waals surface area (Å²) < 4.78 is 0. The molecule has 3 aromatic rings. The van der Waals surface area contributed by atoms with E-state index in [0.29, 0.717) is 5.95 Å². The second-order valence-corrected chi connectivity index (χ2v) is 8.16. The lowest BCUT2D eigenvalue weighted by atomic mass is 10.0. The van der Waals surface area contributed by atoms with Gasteiger partial charge in [-0.05, 0) is 31.5 Å². The van der Waals surface area contributed by atoms with Crippen LogP contribution in [0, 0.1) is 0 Å². The van der Waals surface area contributed by atoms with Crippen molar-refractivity contribution in [3.63, 3.8) is 0 Å². The van der Waals surface area contributed by atoms with Crippen molar-refractivity contribution in [2.75, 3.05) is 38.1 Å². The van der Waals surface area contributed by atoms with Gasteiger partial charge in [0.2, 0.25) is 11.8 Å². The normalized spacial score (nSPS) is 16.1. The lowest BCUT2D eigenvalue weighted by Crippen LogP contribution is -2.45. The average molecular weight is 410 g/mol. The Balaban J connectivity index is 1.43. The summed E-state index contributed by atoms with van der Waals surface area (Å²) in [7, 11) is 2.11. The molecule has 1 aliphatic rings. The molecule has 0 aliphatic carbocycles. The molecular formula is C22H31N7O. The maximum absolute atomic E-state index is 12.9. The summed E-state index contributed by atoms with van der Waals surface area (Å²) in [4.78, 5) is 23.7. The summed E-state index contributed by atoms with van der Waals surface area (Å²) in [5, 5.41) is 12.7. The van der Waals surface area contributed by atoms with Crippen molar-refractivity contribution in [3.05, 3.63) is 41.9 Å². The van der Waals surface area contributed by atoms with E-state index in [2.05, 4.69) is 67.6 Å². The highest BCUT2D eigenvalue weighted by molar-refractivity contribution is 5.91. The van der Waals surface area contributed by atoms with Crippen LogP contribution in [0.2, 0.25) is 0 Å². The fourth-order valence-corrected chi connectivity index (χ4v) is 4.01. The van der Waals surface area contributed by atoms with Crippen molar-refractivity contribution in [2.45, 2.75) is 38.6 Å². The second kappa shape index (κ2) is 9.30. The number of rotatable bonds is 8. The van der Waals surface area contributed by atoms with Crippen molar-refractivity contribution in [1.82, 2.24) is 30.4 Å². The molecule has 8 heteroatoms. The number of para-hydroxylation sites is 1. The Morgan fingerprint density at radius 3 is 2.80 bits per heavy atom. The monoisotopic (exact) mass is 409 g/mol. The van der Waals surface area contributed by atoms with Crippen LogP contribution in [0.4, 0.5) is 5.95 Å². The molecule has 2 aromatic heterocycles. The number of benzene rings is 1. The van der Waals surface area contributed by atoms with Gasteiger partial charge < -0.3 is 25.1 Å². The van der Waals surface area contributed by atoms with Crippen LogP contribution in [0.1, 0.15) is 42.4 Å². The first-order chi connectivity index (χ1) is 14.6. The number of H-pyrrole nitrogens is 2. The molecule has 0 saturated carbocycles. The van der Waals surface area contributed by atoms with Gasteiger partial charge in [0.25, 0.3) is 5.91 Å². The molecule has 1 saturated heterocycles. The Bertz CT molecular complexity index is 971. The largest absolute Gasteiger partial charge is 0.361 e. The number of carbonyl (C=O) groups excluding carboxylic acids is 1. The lowest BCUT2D eigenvalue weighted by Gasteiger charge is -2.31. The zero-order valence-corrected chi connectivity index (χ0v) is 17.8. The fourth-order valence-electron chi connectivity index (χ4n) is 4.01. The molecule has 1 unspecified atom stereocenters. The molecule has 1 fully saturated rings. The first kappa shape index (κ1) is 20.4. The van der Waals surface area contributed by atoms with E-state index in [4.69, 9.17) is 0 Å². The maximum Gasteiger partial charge on any atom is 0.289 e. The highest BCUT2D eigenvalue weighted by atomic mass is 16.2. The summed E-state index contributed by atoms with van der Waals surface area (Å²) in [5.74, 6) is 0.767. The molecule has 160 valence electrons. The number of aromatic nitrogens is 4. The van der Waals surface area contributed by atoms with Gasteiger partial charge >= 0.3 is 0 Å². The van der Waals surface area contributed by atoms with E-state index < -0.39 is 0 Å². The van der Waals surface area contributed by atoms with Crippen LogP contribution >= 0.6 is 0 Å². The Kier molecular flexibility index (Phi) is 6.32. The molecule has 3 N–H and O–H groups in total. The highest BCUT2D eigenvalue weighted by Gasteiger charge is 2.22. The number of hydrogen-bond acceptors (Lipinski definition) is 5. The summed E-state index contributed by atoms with van der Waals surface area (Å²) >= 11 is 0. The Morgan fingerprint density at radius 1 is 1.20 bits per heavy atom. The highest BCUT2D eigenvalue weighted by Crippen LogP contribution is 2.20. The first-order valence-corrected chi connectivity index (χ1v) is 10.9. The summed E-state index contributed by atoms with van der Waals surface area (Å²) in [6.07, 6.45) is 5.93. The number of likely N-dealkylation sites (N-methyl/N-ethyl adjacent to an activating group) is 1. The lowest BCUT2D eigenvalue weighted by molar-refractivity contribution is 0.0924. The SMILES string of the molecule is CCCCC(Cc1c[nH]c2ccccc12)NC(=O)c1nnc(N2CCN(C)CC2)[nH]1. The second-order valence-electron chi connectivity index (χ2n) is 8.16. The van der Waals surface area contributed by atoms with Gasteiger partial charge in [-0.25, -0.2) is 0 Å². The Hall–Kier alpha value is -2.87. The van der Waals surface area contributed by atoms with Crippen LogP contribution in [0.25, 0.3) is 10.9 Å². The van der Waals surface area contributed by atoms with Gasteiger partial charge in [0.05, 0.1) is 0 Å². The van der Waals surface area contributed by atoms with Crippen LogP contribution in [0.15, 0.2) is 30.5 Å². The van der Waals surface area contributed by atoms with E-state index in [9.17, 15) is 4.79 Å². The minimum Gasteiger partial charge on any atom is -0.361 e. The molecule has 30 heavy (non-hydrogen) atoms. The number of hydrogen-bond donors (Lipinski definition) is 3. The topological polar surface area (TPSA) is 92.9 Å². The summed E-state index contributed by atoms with van der Waals surface area (Å²) in [6, 6.07) is 8.33. The third-order valence-corrected chi connectivity index (χ3v) is 5.88. The third-order valence-electron chi connectivity index (χ3n) is 5.88. The fraction of sp³-hybridized carbons (Fsp3) is 0.500. The molecule has 1 aliphatic heterocycles. The predicted octanol–water partition coefficient (Wildman–Crippen LogP) is 2.57. The zero-order chi connectivity index (χ0) is 20.9. The van der Waals surface area contributed by atoms with E-state index in [1.165, 1.54) is 10.9 Å². The average Bonchev–Trinajstić information content (AvgIpc) is 3.40. The minimum absolute atomic E-state index is 0.0499. The summed E-state index contributed by atoms with van der Waals surface area (Å²) in [6.45, 7) is 5.89. The van der Waals surface area contributed by atoms with Gasteiger partial charge in [0.1, 0.15) is 0 Å². The molecule has 1 aromatic carbocycles. The molecule has 0 radical (unpaired) electrons. The van der Waals surface area contributed by atoms with Gasteiger partial charge in [0.15, 0.2) is 0 Å². The molecule has 0 spiro atoms. The van der Waals surface area contributed by atoms with E-state index in [1.54, 1.807) is 0 Å². The van der Waals surface area contributed by atoms with Crippen molar-refractivity contribution < 1.29 is 4.79 Å². The predicted molar refractivity (Wildman–Crippen MR) is 119 cm³/mol. The minimum atomic E-state index is -0.191. The van der Waals surface area contributed by atoms with Gasteiger partial charge in [-0.2, -0.15) is 0 Å². The van der Waals surface area contributed by atoms with E-state index in [1.807, 2.05) is 12.1 Å². The van der Waals surface area contributed by atoms with Crippen LogP contribution in [-0.4, -0.2) is 70.2 Å². The van der Waals surface area contributed by atoms with Crippen molar-refractivity contribution in [3.8, 4) is 0 Å². The van der Waals surface area contributed by atoms with Crippen LogP contribution in [0.5, 0.6) is 0 Å². The van der Waals surface area contributed by atoms with E-state index in [-0.39, 0.29) is 17.8 Å². The van der Waals surface area contributed by atoms with Gasteiger partial charge in [0, 0.05) is 49.3 Å². The third kappa shape index (κ3) is 4.64. The van der Waals surface area contributed by atoms with Crippen LogP contribution in [-0.2, 0) is 6.42 Å². The summed E-state index contributed by atoms with van der Waals surface area (Å²) in [5.41, 5.74) is 2.35. The number of amides is 1. The maximum atomic E-state index is 12.9. The van der Waals surface area contributed by atoms with Gasteiger partial charge in [-0.3, -0.25) is 4.79 Å². The molecular weight excluding hydrogens is 378 g/mol. The standard InChI is InChI=1S/C22H31N7O/c1-3-4-7-17(14-16-15-23-19-9-6-5-8-18(16)19)24-21(30)20-25-22(27-26-20)29-12-10-28(2)11-13-29/h5-6,8-9,15,17,23H,3-4,7,10-14H2,1-2H3,(H,24,30)(H,25,26,27).